The Labute approximate surface area is 127 Å². The molecule has 2 saturated carbocycles. The molecule has 2 N–H and O–H groups in total. The van der Waals surface area contributed by atoms with Crippen molar-refractivity contribution in [3.8, 4) is 11.5 Å². The van der Waals surface area contributed by atoms with E-state index < -0.39 is 0 Å². The van der Waals surface area contributed by atoms with E-state index in [2.05, 4.69) is 18.2 Å². The van der Waals surface area contributed by atoms with Crippen LogP contribution in [0.15, 0.2) is 18.2 Å². The zero-order chi connectivity index (χ0) is 14.7. The van der Waals surface area contributed by atoms with Crippen molar-refractivity contribution >= 4 is 0 Å². The summed E-state index contributed by atoms with van der Waals surface area (Å²) in [6.07, 6.45) is 10.3. The summed E-state index contributed by atoms with van der Waals surface area (Å²) in [5, 5.41) is 0. The molecule has 1 aromatic carbocycles. The Morgan fingerprint density at radius 1 is 1.10 bits per heavy atom. The van der Waals surface area contributed by atoms with Gasteiger partial charge in [0.15, 0.2) is 11.5 Å². The molecule has 2 aliphatic carbocycles. The van der Waals surface area contributed by atoms with Crippen molar-refractivity contribution < 1.29 is 9.47 Å². The molecule has 0 heterocycles. The number of methoxy groups -OCH3 is 1. The van der Waals surface area contributed by atoms with Crippen molar-refractivity contribution in [2.45, 2.75) is 62.9 Å². The van der Waals surface area contributed by atoms with Gasteiger partial charge in [0.2, 0.25) is 0 Å². The van der Waals surface area contributed by atoms with E-state index in [9.17, 15) is 0 Å². The molecule has 0 aliphatic heterocycles. The van der Waals surface area contributed by atoms with Crippen LogP contribution in [-0.2, 0) is 5.41 Å². The molecular weight excluding hydrogens is 262 g/mol. The maximum Gasteiger partial charge on any atom is 0.161 e. The van der Waals surface area contributed by atoms with Gasteiger partial charge in [-0.15, -0.1) is 0 Å². The van der Waals surface area contributed by atoms with Gasteiger partial charge >= 0.3 is 0 Å². The first-order chi connectivity index (χ1) is 10.3. The fourth-order valence-electron chi connectivity index (χ4n) is 3.60. The van der Waals surface area contributed by atoms with Gasteiger partial charge < -0.3 is 15.2 Å². The van der Waals surface area contributed by atoms with Gasteiger partial charge in [0.1, 0.15) is 0 Å². The van der Waals surface area contributed by atoms with E-state index in [1.54, 1.807) is 7.11 Å². The van der Waals surface area contributed by atoms with Gasteiger partial charge in [-0.05, 0) is 49.8 Å². The zero-order valence-corrected chi connectivity index (χ0v) is 13.1. The summed E-state index contributed by atoms with van der Waals surface area (Å²) in [6, 6.07) is 6.44. The molecule has 3 heteroatoms. The number of ether oxygens (including phenoxy) is 2. The Bertz CT molecular complexity index is 476. The predicted octanol–water partition coefficient (Wildman–Crippen LogP) is 3.79. The van der Waals surface area contributed by atoms with Crippen LogP contribution < -0.4 is 15.2 Å². The van der Waals surface area contributed by atoms with Crippen LogP contribution in [-0.4, -0.2) is 19.8 Å². The van der Waals surface area contributed by atoms with Crippen molar-refractivity contribution in [3.63, 3.8) is 0 Å². The van der Waals surface area contributed by atoms with Gasteiger partial charge in [0.05, 0.1) is 13.2 Å². The second-order valence-electron chi connectivity index (χ2n) is 6.58. The van der Waals surface area contributed by atoms with E-state index in [1.807, 2.05) is 0 Å². The highest BCUT2D eigenvalue weighted by atomic mass is 16.5. The first-order valence-electron chi connectivity index (χ1n) is 8.33. The highest BCUT2D eigenvalue weighted by Gasteiger charge is 2.33. The number of rotatable bonds is 5. The summed E-state index contributed by atoms with van der Waals surface area (Å²) in [5.41, 5.74) is 7.60. The highest BCUT2D eigenvalue weighted by Crippen LogP contribution is 2.42. The molecule has 0 saturated heterocycles. The smallest absolute Gasteiger partial charge is 0.161 e. The lowest BCUT2D eigenvalue weighted by molar-refractivity contribution is 0.116. The lowest BCUT2D eigenvalue weighted by Gasteiger charge is -2.37. The fraction of sp³-hybridized carbons (Fsp3) is 0.667. The lowest BCUT2D eigenvalue weighted by Crippen LogP contribution is -2.37. The van der Waals surface area contributed by atoms with Crippen molar-refractivity contribution in [2.75, 3.05) is 13.7 Å². The SMILES string of the molecule is COc1cc(C2(CN)CCCCC2)ccc1OC1CCC1. The molecule has 0 amide bonds. The Hall–Kier alpha value is -1.22. The third-order valence-corrected chi connectivity index (χ3v) is 5.32. The largest absolute Gasteiger partial charge is 0.493 e. The van der Waals surface area contributed by atoms with Crippen molar-refractivity contribution in [1.29, 1.82) is 0 Å². The topological polar surface area (TPSA) is 44.5 Å². The number of hydrogen-bond acceptors (Lipinski definition) is 3. The minimum atomic E-state index is 0.139. The van der Waals surface area contributed by atoms with Crippen LogP contribution in [0.3, 0.4) is 0 Å². The van der Waals surface area contributed by atoms with Gasteiger partial charge in [0, 0.05) is 12.0 Å². The highest BCUT2D eigenvalue weighted by molar-refractivity contribution is 5.45. The van der Waals surface area contributed by atoms with Crippen LogP contribution in [0.2, 0.25) is 0 Å². The Balaban J connectivity index is 1.85. The Kier molecular flexibility index (Phi) is 4.39. The minimum Gasteiger partial charge on any atom is -0.493 e. The normalized spacial score (nSPS) is 21.6. The van der Waals surface area contributed by atoms with E-state index in [1.165, 1.54) is 44.1 Å². The average Bonchev–Trinajstić information content (AvgIpc) is 2.51. The summed E-state index contributed by atoms with van der Waals surface area (Å²) < 4.78 is 11.6. The third-order valence-electron chi connectivity index (χ3n) is 5.32. The standard InChI is InChI=1S/C18H27NO2/c1-20-17-12-14(18(13-19)10-3-2-4-11-18)8-9-16(17)21-15-6-5-7-15/h8-9,12,15H,2-7,10-11,13,19H2,1H3. The maximum absolute atomic E-state index is 6.14. The molecule has 3 rings (SSSR count). The summed E-state index contributed by atoms with van der Waals surface area (Å²) in [6.45, 7) is 0.721. The third kappa shape index (κ3) is 2.89. The lowest BCUT2D eigenvalue weighted by atomic mass is 9.69. The predicted molar refractivity (Wildman–Crippen MR) is 85.1 cm³/mol. The van der Waals surface area contributed by atoms with Gasteiger partial charge in [-0.1, -0.05) is 25.3 Å². The molecular formula is C18H27NO2. The molecule has 1 aromatic rings. The summed E-state index contributed by atoms with van der Waals surface area (Å²) >= 11 is 0. The van der Waals surface area contributed by atoms with E-state index in [0.29, 0.717) is 6.10 Å². The molecule has 3 nitrogen and oxygen atoms in total. The minimum absolute atomic E-state index is 0.139. The molecule has 0 bridgehead atoms. The number of nitrogens with two attached hydrogens (primary N) is 1. The molecule has 2 aliphatic rings. The van der Waals surface area contributed by atoms with Crippen LogP contribution in [0.1, 0.15) is 56.9 Å². The monoisotopic (exact) mass is 289 g/mol. The summed E-state index contributed by atoms with van der Waals surface area (Å²) in [5.74, 6) is 1.74. The molecule has 0 unspecified atom stereocenters. The van der Waals surface area contributed by atoms with E-state index >= 15 is 0 Å². The second kappa shape index (κ2) is 6.27. The summed E-state index contributed by atoms with van der Waals surface area (Å²) in [7, 11) is 1.72. The van der Waals surface area contributed by atoms with Crippen molar-refractivity contribution in [1.82, 2.24) is 0 Å². The number of hydrogen-bond donors (Lipinski definition) is 1. The summed E-state index contributed by atoms with van der Waals surface area (Å²) in [4.78, 5) is 0. The molecule has 0 spiro atoms. The fourth-order valence-corrected chi connectivity index (χ4v) is 3.60. The van der Waals surface area contributed by atoms with E-state index in [-0.39, 0.29) is 5.41 Å². The molecule has 116 valence electrons. The van der Waals surface area contributed by atoms with E-state index in [0.717, 1.165) is 30.9 Å². The van der Waals surface area contributed by atoms with Gasteiger partial charge in [-0.2, -0.15) is 0 Å². The van der Waals surface area contributed by atoms with Crippen LogP contribution in [0.4, 0.5) is 0 Å². The molecule has 0 radical (unpaired) electrons. The van der Waals surface area contributed by atoms with Crippen LogP contribution in [0, 0.1) is 0 Å². The van der Waals surface area contributed by atoms with Crippen LogP contribution >= 0.6 is 0 Å². The zero-order valence-electron chi connectivity index (χ0n) is 13.1. The molecule has 0 atom stereocenters. The first kappa shape index (κ1) is 14.7. The first-order valence-corrected chi connectivity index (χ1v) is 8.33. The van der Waals surface area contributed by atoms with E-state index in [4.69, 9.17) is 15.2 Å². The molecule has 0 aromatic heterocycles. The molecule has 2 fully saturated rings. The van der Waals surface area contributed by atoms with Gasteiger partial charge in [-0.25, -0.2) is 0 Å². The Morgan fingerprint density at radius 3 is 2.43 bits per heavy atom. The van der Waals surface area contributed by atoms with Gasteiger partial charge in [0.25, 0.3) is 0 Å². The molecule has 21 heavy (non-hydrogen) atoms. The van der Waals surface area contributed by atoms with Crippen molar-refractivity contribution in [2.24, 2.45) is 5.73 Å². The quantitative estimate of drug-likeness (QED) is 0.897. The van der Waals surface area contributed by atoms with Crippen LogP contribution in [0.5, 0.6) is 11.5 Å². The number of benzene rings is 1. The van der Waals surface area contributed by atoms with Gasteiger partial charge in [-0.3, -0.25) is 0 Å². The van der Waals surface area contributed by atoms with Crippen molar-refractivity contribution in [3.05, 3.63) is 23.8 Å². The maximum atomic E-state index is 6.14. The van der Waals surface area contributed by atoms with Crippen LogP contribution in [0.25, 0.3) is 0 Å². The Morgan fingerprint density at radius 2 is 1.86 bits per heavy atom. The second-order valence-corrected chi connectivity index (χ2v) is 6.58. The average molecular weight is 289 g/mol.